The van der Waals surface area contributed by atoms with Gasteiger partial charge >= 0.3 is 12.2 Å². The fraction of sp³-hybridized carbons (Fsp3) is 0.500. The molecule has 0 bridgehead atoms. The number of carbonyl (C=O) groups is 1. The van der Waals surface area contributed by atoms with Crippen LogP contribution in [0.5, 0.6) is 6.01 Å². The van der Waals surface area contributed by atoms with Gasteiger partial charge in [-0.25, -0.2) is 14.1 Å². The Balaban J connectivity index is 1.96. The minimum atomic E-state index is -5.11. The minimum absolute atomic E-state index is 0.0814. The maximum Gasteiger partial charge on any atom is 0.426 e. The molecule has 0 aliphatic carbocycles. The van der Waals surface area contributed by atoms with E-state index >= 15 is 0 Å². The fourth-order valence-corrected chi connectivity index (χ4v) is 3.07. The van der Waals surface area contributed by atoms with Gasteiger partial charge in [-0.2, -0.15) is 23.3 Å². The van der Waals surface area contributed by atoms with Crippen molar-refractivity contribution < 1.29 is 32.2 Å². The van der Waals surface area contributed by atoms with E-state index in [-0.39, 0.29) is 24.9 Å². The first kappa shape index (κ1) is 20.0. The van der Waals surface area contributed by atoms with Crippen molar-refractivity contribution in [1.29, 1.82) is 0 Å². The number of halogens is 4. The Hall–Kier alpha value is -2.76. The van der Waals surface area contributed by atoms with Crippen LogP contribution in [0.25, 0.3) is 5.82 Å². The molecule has 0 saturated heterocycles. The molecule has 3 heterocycles. The largest absolute Gasteiger partial charge is 0.467 e. The topological polar surface area (TPSA) is 93.4 Å². The number of carbonyl (C=O) groups excluding carboxylic acids is 1. The van der Waals surface area contributed by atoms with E-state index in [9.17, 15) is 27.5 Å². The molecule has 1 N–H and O–H groups in total. The molecule has 2 atom stereocenters. The quantitative estimate of drug-likeness (QED) is 0.782. The van der Waals surface area contributed by atoms with E-state index in [1.54, 1.807) is 6.92 Å². The third-order valence-corrected chi connectivity index (χ3v) is 4.55. The Morgan fingerprint density at radius 3 is 2.64 bits per heavy atom. The fourth-order valence-electron chi connectivity index (χ4n) is 3.07. The van der Waals surface area contributed by atoms with Gasteiger partial charge in [-0.15, -0.1) is 0 Å². The summed E-state index contributed by atoms with van der Waals surface area (Å²) in [5.41, 5.74) is -2.59. The predicted molar refractivity (Wildman–Crippen MR) is 86.2 cm³/mol. The van der Waals surface area contributed by atoms with Gasteiger partial charge in [0.05, 0.1) is 25.2 Å². The second-order valence-electron chi connectivity index (χ2n) is 6.65. The van der Waals surface area contributed by atoms with Crippen molar-refractivity contribution >= 4 is 5.91 Å². The number of hydrogen-bond donors (Lipinski definition) is 1. The number of methoxy groups -OCH3 is 1. The predicted octanol–water partition coefficient (Wildman–Crippen LogP) is 1.57. The lowest BCUT2D eigenvalue weighted by atomic mass is 9.95. The van der Waals surface area contributed by atoms with E-state index in [1.165, 1.54) is 18.0 Å². The van der Waals surface area contributed by atoms with Gasteiger partial charge in [0.15, 0.2) is 11.6 Å². The molecule has 0 aromatic carbocycles. The summed E-state index contributed by atoms with van der Waals surface area (Å²) in [6, 6.07) is -0.0814. The molecule has 28 heavy (non-hydrogen) atoms. The molecule has 0 fully saturated rings. The van der Waals surface area contributed by atoms with Gasteiger partial charge in [0.25, 0.3) is 5.91 Å². The van der Waals surface area contributed by atoms with Gasteiger partial charge in [0.1, 0.15) is 0 Å². The van der Waals surface area contributed by atoms with Gasteiger partial charge < -0.3 is 14.7 Å². The number of alkyl halides is 3. The van der Waals surface area contributed by atoms with Crippen LogP contribution in [0.3, 0.4) is 0 Å². The Morgan fingerprint density at radius 1 is 1.36 bits per heavy atom. The summed E-state index contributed by atoms with van der Waals surface area (Å²) < 4.78 is 59.3. The molecular weight excluding hydrogens is 386 g/mol. The molecule has 1 unspecified atom stereocenters. The van der Waals surface area contributed by atoms with Crippen LogP contribution in [0.1, 0.15) is 31.0 Å². The summed E-state index contributed by atoms with van der Waals surface area (Å²) in [4.78, 5) is 20.7. The van der Waals surface area contributed by atoms with Gasteiger partial charge in [-0.3, -0.25) is 4.79 Å². The first-order chi connectivity index (χ1) is 13.0. The van der Waals surface area contributed by atoms with Crippen molar-refractivity contribution in [2.24, 2.45) is 0 Å². The lowest BCUT2D eigenvalue weighted by Crippen LogP contribution is -2.57. The van der Waals surface area contributed by atoms with Crippen molar-refractivity contribution in [3.63, 3.8) is 0 Å². The first-order valence-corrected chi connectivity index (χ1v) is 8.19. The summed E-state index contributed by atoms with van der Waals surface area (Å²) in [6.07, 6.45) is -2.88. The Morgan fingerprint density at radius 2 is 2.04 bits per heavy atom. The zero-order valence-electron chi connectivity index (χ0n) is 15.2. The van der Waals surface area contributed by atoms with Crippen LogP contribution >= 0.6 is 0 Å². The number of nitrogens with zero attached hydrogens (tertiary/aromatic N) is 5. The lowest BCUT2D eigenvalue weighted by molar-refractivity contribution is -0.250. The average Bonchev–Trinajstić information content (AvgIpc) is 3.04. The number of aromatic nitrogens is 4. The van der Waals surface area contributed by atoms with Gasteiger partial charge in [0, 0.05) is 24.6 Å². The van der Waals surface area contributed by atoms with Crippen LogP contribution in [0.2, 0.25) is 0 Å². The van der Waals surface area contributed by atoms with Crippen molar-refractivity contribution in [3.8, 4) is 11.8 Å². The van der Waals surface area contributed by atoms with Crippen LogP contribution < -0.4 is 4.74 Å². The second-order valence-corrected chi connectivity index (χ2v) is 6.65. The number of hydrogen-bond acceptors (Lipinski definition) is 6. The highest BCUT2D eigenvalue weighted by molar-refractivity contribution is 5.85. The van der Waals surface area contributed by atoms with E-state index in [0.717, 1.165) is 11.1 Å². The molecule has 0 spiro atoms. The molecule has 1 amide bonds. The SMILES string of the molecule is COc1ncc(F)c(-n2ncc3c2[C@H](C)CN(C(=O)C(C)(O)C(F)(F)F)C3)n1. The minimum Gasteiger partial charge on any atom is -0.467 e. The van der Waals surface area contributed by atoms with Crippen molar-refractivity contribution in [3.05, 3.63) is 29.5 Å². The number of fused-ring (bicyclic) bond motifs is 1. The van der Waals surface area contributed by atoms with Crippen LogP contribution in [0.15, 0.2) is 12.4 Å². The zero-order chi connectivity index (χ0) is 20.9. The molecular formula is C16H17F4N5O3. The summed E-state index contributed by atoms with van der Waals surface area (Å²) in [5.74, 6) is -2.90. The van der Waals surface area contributed by atoms with E-state index in [0.29, 0.717) is 18.2 Å². The average molecular weight is 403 g/mol. The third-order valence-electron chi connectivity index (χ3n) is 4.55. The van der Waals surface area contributed by atoms with Crippen molar-refractivity contribution in [1.82, 2.24) is 24.6 Å². The molecule has 1 aliphatic rings. The van der Waals surface area contributed by atoms with Gasteiger partial charge in [-0.1, -0.05) is 6.92 Å². The second kappa shape index (κ2) is 6.69. The summed E-state index contributed by atoms with van der Waals surface area (Å²) in [5, 5.41) is 13.7. The lowest BCUT2D eigenvalue weighted by Gasteiger charge is -2.36. The summed E-state index contributed by atoms with van der Waals surface area (Å²) >= 11 is 0. The molecule has 1 aliphatic heterocycles. The summed E-state index contributed by atoms with van der Waals surface area (Å²) in [6.45, 7) is 1.73. The van der Waals surface area contributed by atoms with E-state index < -0.39 is 29.4 Å². The van der Waals surface area contributed by atoms with Crippen molar-refractivity contribution in [2.45, 2.75) is 38.1 Å². The van der Waals surface area contributed by atoms with Crippen LogP contribution in [0, 0.1) is 5.82 Å². The monoisotopic (exact) mass is 403 g/mol. The smallest absolute Gasteiger partial charge is 0.426 e. The molecule has 2 aromatic heterocycles. The van der Waals surface area contributed by atoms with Crippen LogP contribution in [0.4, 0.5) is 17.6 Å². The molecule has 3 rings (SSSR count). The first-order valence-electron chi connectivity index (χ1n) is 8.19. The highest BCUT2D eigenvalue weighted by Gasteiger charge is 2.57. The maximum atomic E-state index is 14.2. The van der Waals surface area contributed by atoms with E-state index in [4.69, 9.17) is 4.74 Å². The highest BCUT2D eigenvalue weighted by Crippen LogP contribution is 2.35. The maximum absolute atomic E-state index is 14.2. The number of aliphatic hydroxyl groups is 1. The Labute approximate surface area is 156 Å². The standard InChI is InChI=1S/C16H17F4N5O3/c1-8-6-24(13(26)15(2,27)16(18,19)20)7-9-4-22-25(11(8)9)12-10(17)5-21-14(23-12)28-3/h4-5,8,27H,6-7H2,1-3H3/t8-,15?/m1/s1. The molecule has 0 radical (unpaired) electrons. The molecule has 8 nitrogen and oxygen atoms in total. The van der Waals surface area contributed by atoms with Gasteiger partial charge in [0.2, 0.25) is 5.60 Å². The van der Waals surface area contributed by atoms with E-state index in [1.807, 2.05) is 0 Å². The molecule has 12 heteroatoms. The van der Waals surface area contributed by atoms with Crippen LogP contribution in [-0.4, -0.2) is 61.1 Å². The molecule has 0 saturated carbocycles. The Kier molecular flexibility index (Phi) is 4.77. The molecule has 2 aromatic rings. The normalized spacial score (nSPS) is 19.1. The van der Waals surface area contributed by atoms with Crippen LogP contribution in [-0.2, 0) is 11.3 Å². The van der Waals surface area contributed by atoms with E-state index in [2.05, 4.69) is 15.1 Å². The highest BCUT2D eigenvalue weighted by atomic mass is 19.4. The van der Waals surface area contributed by atoms with Gasteiger partial charge in [-0.05, 0) is 6.92 Å². The summed E-state index contributed by atoms with van der Waals surface area (Å²) in [7, 11) is 1.31. The number of ether oxygens (including phenoxy) is 1. The number of rotatable bonds is 3. The third kappa shape index (κ3) is 3.17. The zero-order valence-corrected chi connectivity index (χ0v) is 15.2. The number of amides is 1. The van der Waals surface area contributed by atoms with Crippen molar-refractivity contribution in [2.75, 3.05) is 13.7 Å². The Bertz CT molecular complexity index is 912. The molecule has 152 valence electrons.